The molecule has 0 spiro atoms. The van der Waals surface area contributed by atoms with Gasteiger partial charge < -0.3 is 28.0 Å². The van der Waals surface area contributed by atoms with Crippen LogP contribution in [0.2, 0.25) is 0 Å². The highest BCUT2D eigenvalue weighted by atomic mass is 79.9. The molecule has 0 bridgehead atoms. The number of anilines is 2. The number of carbonyl (C=O) groups is 1. The molecule has 4 aromatic rings. The van der Waals surface area contributed by atoms with Crippen molar-refractivity contribution in [3.8, 4) is 11.1 Å². The van der Waals surface area contributed by atoms with Crippen LogP contribution < -0.4 is 33.0 Å². The number of H-pyrrole nitrogens is 1. The lowest BCUT2D eigenvalue weighted by atomic mass is 9.92. The van der Waals surface area contributed by atoms with Crippen LogP contribution >= 0.6 is 0 Å². The minimum absolute atomic E-state index is 0. The van der Waals surface area contributed by atoms with Gasteiger partial charge in [-0.3, -0.25) is 4.79 Å². The summed E-state index contributed by atoms with van der Waals surface area (Å²) in [5.41, 5.74) is 11.9. The van der Waals surface area contributed by atoms with E-state index in [9.17, 15) is 4.79 Å². The van der Waals surface area contributed by atoms with Crippen molar-refractivity contribution in [2.75, 3.05) is 11.1 Å². The second kappa shape index (κ2) is 7.37. The molecule has 0 aliphatic carbocycles. The highest BCUT2D eigenvalue weighted by Gasteiger charge is 2.17. The Morgan fingerprint density at radius 2 is 1.78 bits per heavy atom. The summed E-state index contributed by atoms with van der Waals surface area (Å²) in [5, 5.41) is 6.08. The van der Waals surface area contributed by atoms with E-state index >= 15 is 0 Å². The molecule has 136 valence electrons. The Bertz CT molecular complexity index is 1160. The van der Waals surface area contributed by atoms with Gasteiger partial charge in [0.25, 0.3) is 0 Å². The zero-order valence-corrected chi connectivity index (χ0v) is 16.7. The number of aromatic nitrogens is 1. The normalized spacial score (nSPS) is 10.6. The number of aryl methyl sites for hydroxylation is 1. The largest absolute Gasteiger partial charge is 1.00 e. The summed E-state index contributed by atoms with van der Waals surface area (Å²) in [6.07, 6.45) is 1.95. The minimum Gasteiger partial charge on any atom is -1.00 e. The number of aromatic amines is 1. The molecule has 0 aliphatic heterocycles. The number of amides is 1. The fraction of sp³-hybridized carbons (Fsp3) is 0.0909. The van der Waals surface area contributed by atoms with Gasteiger partial charge in [-0.05, 0) is 41.8 Å². The van der Waals surface area contributed by atoms with E-state index in [1.54, 1.807) is 0 Å². The Labute approximate surface area is 168 Å². The summed E-state index contributed by atoms with van der Waals surface area (Å²) in [6, 6.07) is 18.1. The first kappa shape index (κ1) is 18.9. The van der Waals surface area contributed by atoms with Gasteiger partial charge in [0.15, 0.2) is 6.20 Å². The third kappa shape index (κ3) is 3.38. The Hall–Kier alpha value is -2.92. The fourth-order valence-electron chi connectivity index (χ4n) is 3.55. The Balaban J connectivity index is 0.00000210. The van der Waals surface area contributed by atoms with Crippen molar-refractivity contribution < 1.29 is 26.8 Å². The van der Waals surface area contributed by atoms with E-state index < -0.39 is 0 Å². The summed E-state index contributed by atoms with van der Waals surface area (Å²) in [4.78, 5) is 15.1. The second-order valence-corrected chi connectivity index (χ2v) is 6.53. The van der Waals surface area contributed by atoms with Crippen molar-refractivity contribution in [2.45, 2.75) is 13.8 Å². The SMILES string of the molecule is CC(=O)Nc1cc(-c2ccccc2)c(C)c2c1c[nH+]c1ccc(N)cc12.[Br-]. The molecule has 4 N–H and O–H groups in total. The molecule has 0 radical (unpaired) electrons. The summed E-state index contributed by atoms with van der Waals surface area (Å²) < 4.78 is 0. The molecule has 5 heteroatoms. The summed E-state index contributed by atoms with van der Waals surface area (Å²) in [5.74, 6) is -0.0955. The van der Waals surface area contributed by atoms with E-state index in [0.29, 0.717) is 5.69 Å². The van der Waals surface area contributed by atoms with Crippen LogP contribution in [-0.2, 0) is 4.79 Å². The van der Waals surface area contributed by atoms with Crippen LogP contribution in [-0.4, -0.2) is 5.91 Å². The van der Waals surface area contributed by atoms with E-state index in [4.69, 9.17) is 5.73 Å². The van der Waals surface area contributed by atoms with Gasteiger partial charge in [0.1, 0.15) is 0 Å². The third-order valence-corrected chi connectivity index (χ3v) is 4.71. The van der Waals surface area contributed by atoms with Gasteiger partial charge in [-0.2, -0.15) is 0 Å². The maximum atomic E-state index is 11.8. The lowest BCUT2D eigenvalue weighted by molar-refractivity contribution is -0.342. The van der Waals surface area contributed by atoms with E-state index in [-0.39, 0.29) is 22.9 Å². The molecule has 1 aromatic heterocycles. The topological polar surface area (TPSA) is 69.3 Å². The third-order valence-electron chi connectivity index (χ3n) is 4.71. The smallest absolute Gasteiger partial charge is 0.221 e. The molecule has 0 unspecified atom stereocenters. The average Bonchev–Trinajstić information content (AvgIpc) is 2.63. The number of rotatable bonds is 2. The quantitative estimate of drug-likeness (QED) is 0.378. The zero-order chi connectivity index (χ0) is 18.3. The van der Waals surface area contributed by atoms with Crippen LogP contribution in [0.15, 0.2) is 60.8 Å². The number of pyridine rings is 1. The molecule has 0 atom stereocenters. The lowest BCUT2D eigenvalue weighted by Gasteiger charge is -2.15. The molecule has 0 fully saturated rings. The van der Waals surface area contributed by atoms with Crippen molar-refractivity contribution in [2.24, 2.45) is 0 Å². The van der Waals surface area contributed by atoms with E-state index in [2.05, 4.69) is 29.4 Å². The first-order valence-electron chi connectivity index (χ1n) is 8.55. The van der Waals surface area contributed by atoms with E-state index in [1.165, 1.54) is 6.92 Å². The number of nitrogens with two attached hydrogens (primary N) is 1. The molecule has 1 amide bonds. The minimum atomic E-state index is -0.0955. The van der Waals surface area contributed by atoms with Crippen LogP contribution in [0.4, 0.5) is 11.4 Å². The molecular weight excluding hydrogens is 402 g/mol. The van der Waals surface area contributed by atoms with Gasteiger partial charge in [0.05, 0.1) is 16.5 Å². The van der Waals surface area contributed by atoms with Crippen molar-refractivity contribution in [1.82, 2.24) is 0 Å². The fourth-order valence-corrected chi connectivity index (χ4v) is 3.55. The van der Waals surface area contributed by atoms with Crippen LogP contribution in [0.1, 0.15) is 12.5 Å². The monoisotopic (exact) mass is 421 g/mol. The van der Waals surface area contributed by atoms with Crippen molar-refractivity contribution in [1.29, 1.82) is 0 Å². The predicted octanol–water partition coefficient (Wildman–Crippen LogP) is 1.33. The predicted molar refractivity (Wildman–Crippen MR) is 107 cm³/mol. The van der Waals surface area contributed by atoms with Crippen molar-refractivity contribution >= 4 is 39.0 Å². The van der Waals surface area contributed by atoms with Gasteiger partial charge in [-0.15, -0.1) is 0 Å². The first-order chi connectivity index (χ1) is 12.5. The molecule has 4 rings (SSSR count). The van der Waals surface area contributed by atoms with E-state index in [1.807, 2.05) is 48.7 Å². The highest BCUT2D eigenvalue weighted by Crippen LogP contribution is 2.37. The van der Waals surface area contributed by atoms with Crippen LogP contribution in [0.3, 0.4) is 0 Å². The zero-order valence-electron chi connectivity index (χ0n) is 15.1. The molecule has 0 saturated heterocycles. The molecular formula is C22H20BrN3O. The average molecular weight is 422 g/mol. The number of hydrogen-bond donors (Lipinski definition) is 2. The Morgan fingerprint density at radius 1 is 1.04 bits per heavy atom. The molecule has 0 aliphatic rings. The van der Waals surface area contributed by atoms with Gasteiger partial charge >= 0.3 is 0 Å². The number of nitrogen functional groups attached to an aromatic ring is 1. The second-order valence-electron chi connectivity index (χ2n) is 6.53. The van der Waals surface area contributed by atoms with Gasteiger partial charge in [0.2, 0.25) is 11.4 Å². The summed E-state index contributed by atoms with van der Waals surface area (Å²) in [6.45, 7) is 3.64. The van der Waals surface area contributed by atoms with Gasteiger partial charge in [-0.25, -0.2) is 4.98 Å². The number of hydrogen-bond acceptors (Lipinski definition) is 2. The van der Waals surface area contributed by atoms with E-state index in [0.717, 1.165) is 44.1 Å². The van der Waals surface area contributed by atoms with Crippen molar-refractivity contribution in [3.63, 3.8) is 0 Å². The maximum absolute atomic E-state index is 11.8. The Kier molecular flexibility index (Phi) is 5.15. The maximum Gasteiger partial charge on any atom is 0.221 e. The number of halogens is 1. The molecule has 0 saturated carbocycles. The van der Waals surface area contributed by atoms with Crippen LogP contribution in [0.25, 0.3) is 32.8 Å². The molecule has 27 heavy (non-hydrogen) atoms. The van der Waals surface area contributed by atoms with Crippen molar-refractivity contribution in [3.05, 3.63) is 66.4 Å². The number of fused-ring (bicyclic) bond motifs is 3. The van der Waals surface area contributed by atoms with Gasteiger partial charge in [-0.1, -0.05) is 30.3 Å². The highest BCUT2D eigenvalue weighted by molar-refractivity contribution is 6.14. The molecule has 1 heterocycles. The lowest BCUT2D eigenvalue weighted by Crippen LogP contribution is -3.00. The van der Waals surface area contributed by atoms with Gasteiger partial charge in [0, 0.05) is 24.1 Å². The summed E-state index contributed by atoms with van der Waals surface area (Å²) in [7, 11) is 0. The Morgan fingerprint density at radius 3 is 2.48 bits per heavy atom. The standard InChI is InChI=1S/C22H19N3O.BrH/c1-13-17(15-6-4-3-5-7-15)11-21(25-14(2)26)19-12-24-20-9-8-16(23)10-18(20)22(13)19;/h3-12H,23H2,1-2H3,(H,25,26);1H. The summed E-state index contributed by atoms with van der Waals surface area (Å²) >= 11 is 0. The number of carbonyl (C=O) groups excluding carboxylic acids is 1. The number of benzene rings is 3. The molecule has 4 nitrogen and oxygen atoms in total. The first-order valence-corrected chi connectivity index (χ1v) is 8.55. The molecule has 3 aromatic carbocycles. The van der Waals surface area contributed by atoms with Crippen LogP contribution in [0, 0.1) is 6.92 Å². The van der Waals surface area contributed by atoms with Crippen LogP contribution in [0.5, 0.6) is 0 Å². The number of nitrogens with one attached hydrogen (secondary N) is 2.